The van der Waals surface area contributed by atoms with Crippen LogP contribution in [0.25, 0.3) is 11.3 Å². The maximum absolute atomic E-state index is 15.0. The lowest BCUT2D eigenvalue weighted by atomic mass is 10.1. The van der Waals surface area contributed by atoms with Gasteiger partial charge in [-0.05, 0) is 42.7 Å². The number of amides is 2. The second kappa shape index (κ2) is 9.70. The van der Waals surface area contributed by atoms with Crippen molar-refractivity contribution >= 4 is 17.4 Å². The molecule has 0 aliphatic heterocycles. The highest BCUT2D eigenvalue weighted by molar-refractivity contribution is 5.99. The molecule has 9 heteroatoms. The highest BCUT2D eigenvalue weighted by Crippen LogP contribution is 2.32. The van der Waals surface area contributed by atoms with Crippen LogP contribution >= 0.6 is 0 Å². The number of rotatable bonds is 6. The molecule has 0 bridgehead atoms. The fourth-order valence-corrected chi connectivity index (χ4v) is 3.31. The Morgan fingerprint density at radius 1 is 1.12 bits per heavy atom. The summed E-state index contributed by atoms with van der Waals surface area (Å²) >= 11 is 0. The lowest BCUT2D eigenvalue weighted by Gasteiger charge is -2.14. The van der Waals surface area contributed by atoms with Crippen LogP contribution in [0.1, 0.15) is 30.9 Å². The molecule has 0 aliphatic rings. The van der Waals surface area contributed by atoms with Crippen molar-refractivity contribution in [3.8, 4) is 22.8 Å². The third-order valence-corrected chi connectivity index (χ3v) is 5.23. The van der Waals surface area contributed by atoms with Crippen LogP contribution in [-0.4, -0.2) is 25.8 Å². The molecule has 0 saturated heterocycles. The summed E-state index contributed by atoms with van der Waals surface area (Å²) in [4.78, 5) is 20.9. The molecule has 3 aromatic heterocycles. The maximum Gasteiger partial charge on any atom is 0.323 e. The van der Waals surface area contributed by atoms with Gasteiger partial charge in [0.05, 0.1) is 29.5 Å². The van der Waals surface area contributed by atoms with Crippen LogP contribution < -0.4 is 15.4 Å². The number of aryl methyl sites for hydroxylation is 1. The number of hydrogen-bond donors (Lipinski definition) is 2. The third-order valence-electron chi connectivity index (χ3n) is 5.23. The second-order valence-electron chi connectivity index (χ2n) is 8.17. The van der Waals surface area contributed by atoms with Crippen molar-refractivity contribution < 1.29 is 13.9 Å². The normalized spacial score (nSPS) is 10.9. The van der Waals surface area contributed by atoms with Gasteiger partial charge in [0, 0.05) is 42.8 Å². The second-order valence-corrected chi connectivity index (χ2v) is 8.17. The average molecular weight is 461 g/mol. The number of urea groups is 1. The minimum atomic E-state index is -0.580. The van der Waals surface area contributed by atoms with Crippen molar-refractivity contribution in [1.29, 1.82) is 0 Å². The molecule has 174 valence electrons. The van der Waals surface area contributed by atoms with Crippen molar-refractivity contribution in [2.75, 3.05) is 10.6 Å². The van der Waals surface area contributed by atoms with E-state index in [1.807, 2.05) is 33.2 Å². The van der Waals surface area contributed by atoms with Gasteiger partial charge in [0.15, 0.2) is 5.82 Å². The Morgan fingerprint density at radius 3 is 2.68 bits per heavy atom. The SMILES string of the molecule is Cc1c(Oc2ccnc(-c3cnn(C)c3)c2)ccc(NC(=O)Nc2cncc(C(C)C)c2)c1F. The first-order chi connectivity index (χ1) is 16.3. The van der Waals surface area contributed by atoms with Gasteiger partial charge in [-0.15, -0.1) is 0 Å². The van der Waals surface area contributed by atoms with E-state index >= 15 is 4.39 Å². The number of anilines is 2. The zero-order valence-electron chi connectivity index (χ0n) is 19.3. The number of carbonyl (C=O) groups is 1. The molecule has 0 atom stereocenters. The quantitative estimate of drug-likeness (QED) is 0.374. The first-order valence-corrected chi connectivity index (χ1v) is 10.7. The van der Waals surface area contributed by atoms with E-state index in [1.54, 1.807) is 54.6 Å². The predicted molar refractivity (Wildman–Crippen MR) is 129 cm³/mol. The number of pyridine rings is 2. The molecule has 1 aromatic carbocycles. The molecular formula is C25H25FN6O2. The summed E-state index contributed by atoms with van der Waals surface area (Å²) in [6, 6.07) is 7.79. The first-order valence-electron chi connectivity index (χ1n) is 10.7. The van der Waals surface area contributed by atoms with Crippen molar-refractivity contribution in [3.63, 3.8) is 0 Å². The molecule has 0 spiro atoms. The third kappa shape index (κ3) is 5.20. The Balaban J connectivity index is 1.47. The van der Waals surface area contributed by atoms with Gasteiger partial charge in [0.2, 0.25) is 0 Å². The predicted octanol–water partition coefficient (Wildman–Crippen LogP) is 5.88. The highest BCUT2D eigenvalue weighted by Gasteiger charge is 2.15. The molecule has 8 nitrogen and oxygen atoms in total. The van der Waals surface area contributed by atoms with Crippen LogP contribution in [0.2, 0.25) is 0 Å². The van der Waals surface area contributed by atoms with Gasteiger partial charge in [0.1, 0.15) is 11.5 Å². The van der Waals surface area contributed by atoms with E-state index in [1.165, 1.54) is 6.07 Å². The van der Waals surface area contributed by atoms with E-state index in [0.717, 1.165) is 11.1 Å². The Morgan fingerprint density at radius 2 is 1.94 bits per heavy atom. The smallest absolute Gasteiger partial charge is 0.323 e. The van der Waals surface area contributed by atoms with Crippen LogP contribution in [0, 0.1) is 12.7 Å². The molecule has 0 aliphatic carbocycles. The zero-order valence-corrected chi connectivity index (χ0v) is 19.3. The van der Waals surface area contributed by atoms with Crippen molar-refractivity contribution in [2.24, 2.45) is 7.05 Å². The van der Waals surface area contributed by atoms with E-state index < -0.39 is 11.8 Å². The molecule has 2 amide bonds. The molecular weight excluding hydrogens is 435 g/mol. The molecule has 0 unspecified atom stereocenters. The van der Waals surface area contributed by atoms with Crippen LogP contribution in [0.4, 0.5) is 20.6 Å². The van der Waals surface area contributed by atoms with Gasteiger partial charge >= 0.3 is 6.03 Å². The highest BCUT2D eigenvalue weighted by atomic mass is 19.1. The molecule has 0 saturated carbocycles. The molecule has 4 aromatic rings. The van der Waals surface area contributed by atoms with Crippen LogP contribution in [-0.2, 0) is 7.05 Å². The summed E-state index contributed by atoms with van der Waals surface area (Å²) in [5.74, 6) is 0.530. The van der Waals surface area contributed by atoms with Crippen LogP contribution in [0.15, 0.2) is 61.3 Å². The number of halogens is 1. The number of benzene rings is 1. The van der Waals surface area contributed by atoms with Gasteiger partial charge in [-0.1, -0.05) is 13.8 Å². The summed E-state index contributed by atoms with van der Waals surface area (Å²) < 4.78 is 22.6. The fourth-order valence-electron chi connectivity index (χ4n) is 3.31. The Bertz CT molecular complexity index is 1330. The number of hydrogen-bond acceptors (Lipinski definition) is 5. The molecule has 3 heterocycles. The van der Waals surface area contributed by atoms with Gasteiger partial charge in [-0.3, -0.25) is 14.6 Å². The minimum Gasteiger partial charge on any atom is -0.457 e. The Kier molecular flexibility index (Phi) is 6.53. The number of aromatic nitrogens is 4. The van der Waals surface area contributed by atoms with E-state index in [-0.39, 0.29) is 17.2 Å². The van der Waals surface area contributed by atoms with E-state index in [0.29, 0.717) is 22.9 Å². The van der Waals surface area contributed by atoms with Gasteiger partial charge < -0.3 is 15.4 Å². The number of nitrogens with zero attached hydrogens (tertiary/aromatic N) is 4. The van der Waals surface area contributed by atoms with E-state index in [2.05, 4.69) is 25.7 Å². The van der Waals surface area contributed by atoms with Gasteiger partial charge in [-0.2, -0.15) is 5.10 Å². The fraction of sp³-hybridized carbons (Fsp3) is 0.200. The number of ether oxygens (including phenoxy) is 1. The number of carbonyl (C=O) groups excluding carboxylic acids is 1. The summed E-state index contributed by atoms with van der Waals surface area (Å²) in [7, 11) is 1.82. The maximum atomic E-state index is 15.0. The molecule has 2 N–H and O–H groups in total. The number of nitrogens with one attached hydrogen (secondary N) is 2. The monoisotopic (exact) mass is 460 g/mol. The summed E-state index contributed by atoms with van der Waals surface area (Å²) in [6.45, 7) is 5.66. The minimum absolute atomic E-state index is 0.0427. The molecule has 4 rings (SSSR count). The Hall–Kier alpha value is -4.27. The van der Waals surface area contributed by atoms with Gasteiger partial charge in [-0.25, -0.2) is 9.18 Å². The lowest BCUT2D eigenvalue weighted by molar-refractivity contribution is 0.262. The van der Waals surface area contributed by atoms with Crippen molar-refractivity contribution in [1.82, 2.24) is 19.7 Å². The summed E-state index contributed by atoms with van der Waals surface area (Å²) in [6.07, 6.45) is 8.46. The van der Waals surface area contributed by atoms with Crippen LogP contribution in [0.5, 0.6) is 11.5 Å². The van der Waals surface area contributed by atoms with Crippen LogP contribution in [0.3, 0.4) is 0 Å². The molecule has 34 heavy (non-hydrogen) atoms. The van der Waals surface area contributed by atoms with E-state index in [9.17, 15) is 4.79 Å². The standard InChI is InChI=1S/C25H25FN6O2/c1-15(2)17-9-19(13-27-11-17)30-25(33)31-21-5-6-23(16(3)24(21)26)34-20-7-8-28-22(10-20)18-12-29-32(4)14-18/h5-15H,1-4H3,(H2,30,31,33). The summed E-state index contributed by atoms with van der Waals surface area (Å²) in [5.41, 5.74) is 3.36. The largest absolute Gasteiger partial charge is 0.457 e. The van der Waals surface area contributed by atoms with Crippen molar-refractivity contribution in [2.45, 2.75) is 26.7 Å². The first kappa shape index (κ1) is 22.9. The lowest BCUT2D eigenvalue weighted by Crippen LogP contribution is -2.20. The zero-order chi connectivity index (χ0) is 24.2. The average Bonchev–Trinajstić information content (AvgIpc) is 3.25. The van der Waals surface area contributed by atoms with Crippen molar-refractivity contribution in [3.05, 3.63) is 78.3 Å². The molecule has 0 fully saturated rings. The topological polar surface area (TPSA) is 94.0 Å². The Labute approximate surface area is 196 Å². The summed E-state index contributed by atoms with van der Waals surface area (Å²) in [5, 5.41) is 9.38. The van der Waals surface area contributed by atoms with Gasteiger partial charge in [0.25, 0.3) is 0 Å². The molecule has 0 radical (unpaired) electrons. The van der Waals surface area contributed by atoms with E-state index in [4.69, 9.17) is 4.74 Å².